The number of rotatable bonds is 8. The predicted octanol–water partition coefficient (Wildman–Crippen LogP) is 9.87. The molecule has 42 heavy (non-hydrogen) atoms. The summed E-state index contributed by atoms with van der Waals surface area (Å²) in [5.41, 5.74) is 0. The van der Waals surface area contributed by atoms with Crippen LogP contribution in [0, 0.1) is 0 Å². The molecule has 0 aromatic heterocycles. The van der Waals surface area contributed by atoms with E-state index in [1.165, 1.54) is 21.2 Å². The fourth-order valence-corrected chi connectivity index (χ4v) is 15.5. The molecule has 2 N–H and O–H groups in total. The molecule has 2 nitrogen and oxygen atoms in total. The van der Waals surface area contributed by atoms with E-state index in [0.717, 1.165) is 0 Å². The molecule has 4 aromatic carbocycles. The zero-order valence-electron chi connectivity index (χ0n) is 25.3. The summed E-state index contributed by atoms with van der Waals surface area (Å²) in [5, 5.41) is 23.5. The van der Waals surface area contributed by atoms with Crippen molar-refractivity contribution in [3.63, 3.8) is 0 Å². The van der Waals surface area contributed by atoms with Crippen LogP contribution in [0.15, 0.2) is 121 Å². The third-order valence-electron chi connectivity index (χ3n) is 7.00. The molecule has 4 aromatic rings. The topological polar surface area (TPSA) is 47.6 Å². The van der Waals surface area contributed by atoms with Crippen LogP contribution in [-0.4, -0.2) is 27.0 Å². The molecule has 0 radical (unpaired) electrons. The van der Waals surface area contributed by atoms with Gasteiger partial charge in [-0.25, -0.2) is 0 Å². The molecule has 0 saturated carbocycles. The van der Waals surface area contributed by atoms with Crippen molar-refractivity contribution in [2.75, 3.05) is 0 Å². The first-order chi connectivity index (χ1) is 18.0. The van der Waals surface area contributed by atoms with E-state index in [9.17, 15) is 0 Å². The molecule has 10 heteroatoms. The Hall–Kier alpha value is -0.153. The van der Waals surface area contributed by atoms with Gasteiger partial charge in [0.05, 0.1) is 0 Å². The van der Waals surface area contributed by atoms with Crippen LogP contribution in [0.2, 0.25) is 26.2 Å². The Morgan fingerprint density at radius 1 is 0.429 bits per heavy atom. The van der Waals surface area contributed by atoms with Gasteiger partial charge < -0.3 is 10.8 Å². The first-order valence-corrected chi connectivity index (χ1v) is 22.3. The largest absolute Gasteiger partial charge is 2.00 e. The minimum absolute atomic E-state index is 0. The van der Waals surface area contributed by atoms with Gasteiger partial charge in [0.25, 0.3) is 0 Å². The monoisotopic (exact) mass is 770 g/mol. The predicted molar refractivity (Wildman–Crippen MR) is 202 cm³/mol. The number of hydrogen-bond donors (Lipinski definition) is 0. The Morgan fingerprint density at radius 3 is 0.738 bits per heavy atom. The molecule has 2 unspecified atom stereocenters. The quantitative estimate of drug-likeness (QED) is 0.127. The smallest absolute Gasteiger partial charge is 0.679 e. The van der Waals surface area contributed by atoms with E-state index >= 15 is 0 Å². The van der Waals surface area contributed by atoms with E-state index in [2.05, 4.69) is 161 Å². The third kappa shape index (κ3) is 13.1. The van der Waals surface area contributed by atoms with Crippen LogP contribution in [0.3, 0.4) is 0 Å². The number of halogens is 3. The Labute approximate surface area is 297 Å². The first-order valence-electron chi connectivity index (χ1n) is 13.3. The molecule has 0 fully saturated rings. The van der Waals surface area contributed by atoms with Crippen LogP contribution < -0.4 is 21.2 Å². The SMILES string of the molecule is CC(P(c1ccccc1)c1ccccc1)[Si](C)(C)[NH-].CC(P(c1ccccc1)c1ccccc1)[Si](C)(C)[NH-].Cl.Cl.Cl.[Zr+2]. The Bertz CT molecular complexity index is 1060. The van der Waals surface area contributed by atoms with Crippen LogP contribution in [0.1, 0.15) is 13.8 Å². The fraction of sp³-hybridized carbons (Fsp3) is 0.250. The summed E-state index contributed by atoms with van der Waals surface area (Å²) < 4.78 is 0. The summed E-state index contributed by atoms with van der Waals surface area (Å²) in [4.78, 5) is 0. The molecule has 4 rings (SSSR count). The van der Waals surface area contributed by atoms with Gasteiger partial charge in [-0.15, -0.1) is 37.2 Å². The van der Waals surface area contributed by atoms with Crippen LogP contribution in [-0.2, 0) is 26.2 Å². The second-order valence-corrected chi connectivity index (χ2v) is 25.6. The van der Waals surface area contributed by atoms with Crippen molar-refractivity contribution in [2.45, 2.75) is 50.6 Å². The Morgan fingerprint density at radius 2 is 0.595 bits per heavy atom. The van der Waals surface area contributed by atoms with E-state index in [1.54, 1.807) is 0 Å². The van der Waals surface area contributed by atoms with E-state index in [-0.39, 0.29) is 63.4 Å². The third-order valence-corrected chi connectivity index (χ3v) is 21.6. The molecule has 2 atom stereocenters. The number of nitrogens with one attached hydrogen (secondary N) is 2. The molecule has 226 valence electrons. The normalized spacial score (nSPS) is 12.2. The summed E-state index contributed by atoms with van der Waals surface area (Å²) in [7, 11) is -4.67. The minimum atomic E-state index is -1.91. The van der Waals surface area contributed by atoms with Gasteiger partial charge in [0.15, 0.2) is 0 Å². The van der Waals surface area contributed by atoms with Crippen molar-refractivity contribution in [2.24, 2.45) is 0 Å². The maximum atomic E-state index is 8.52. The van der Waals surface area contributed by atoms with Gasteiger partial charge in [-0.1, -0.05) is 178 Å². The molecule has 0 heterocycles. The van der Waals surface area contributed by atoms with Gasteiger partial charge >= 0.3 is 26.2 Å². The zero-order chi connectivity index (χ0) is 27.8. The second-order valence-electron chi connectivity index (χ2n) is 10.9. The minimum Gasteiger partial charge on any atom is -0.679 e. The average Bonchev–Trinajstić information content (AvgIpc) is 2.91. The van der Waals surface area contributed by atoms with E-state index < -0.39 is 32.3 Å². The summed E-state index contributed by atoms with van der Waals surface area (Å²) in [6.45, 7) is 13.1. The van der Waals surface area contributed by atoms with Gasteiger partial charge in [-0.2, -0.15) is 0 Å². The number of benzene rings is 4. The van der Waals surface area contributed by atoms with Crippen molar-refractivity contribution in [1.82, 2.24) is 0 Å². The summed E-state index contributed by atoms with van der Waals surface area (Å²) >= 11 is 0. The van der Waals surface area contributed by atoms with Gasteiger partial charge in [0, 0.05) is 0 Å². The van der Waals surface area contributed by atoms with Crippen LogP contribution >= 0.6 is 53.1 Å². The average molecular weight is 773 g/mol. The van der Waals surface area contributed by atoms with E-state index in [0.29, 0.717) is 10.6 Å². The fourth-order valence-electron chi connectivity index (χ4n) is 4.19. The van der Waals surface area contributed by atoms with Crippen molar-refractivity contribution in [3.8, 4) is 0 Å². The molecule has 0 aliphatic carbocycles. The first kappa shape index (κ1) is 44.0. The van der Waals surface area contributed by atoms with Gasteiger partial charge in [-0.3, -0.25) is 0 Å². The molecular weight excluding hydrogens is 728 g/mol. The van der Waals surface area contributed by atoms with Crippen molar-refractivity contribution in [3.05, 3.63) is 132 Å². The number of hydrogen-bond acceptors (Lipinski definition) is 0. The van der Waals surface area contributed by atoms with Crippen molar-refractivity contribution >= 4 is 90.8 Å². The van der Waals surface area contributed by atoms with Crippen molar-refractivity contribution < 1.29 is 26.2 Å². The molecular formula is C32H45Cl3N2P2Si2Zr. The zero-order valence-corrected chi connectivity index (χ0v) is 34.0. The Balaban J connectivity index is 0. The van der Waals surface area contributed by atoms with Crippen molar-refractivity contribution in [1.29, 1.82) is 0 Å². The molecule has 0 spiro atoms. The molecule has 0 amide bonds. The van der Waals surface area contributed by atoms with Gasteiger partial charge in [0.2, 0.25) is 0 Å². The van der Waals surface area contributed by atoms with Crippen LogP contribution in [0.25, 0.3) is 10.8 Å². The molecule has 0 bridgehead atoms. The van der Waals surface area contributed by atoms with Gasteiger partial charge in [0.1, 0.15) is 0 Å². The summed E-state index contributed by atoms with van der Waals surface area (Å²) in [6.07, 6.45) is 0. The second kappa shape index (κ2) is 20.8. The van der Waals surface area contributed by atoms with Gasteiger partial charge in [-0.05, 0) is 47.6 Å². The standard InChI is InChI=1S/2C16H21NPSi.3ClH.Zr/c2*1-14(19(2,3)17)18(15-10-6-4-7-11-15)16-12-8-5-9-13-16;;;;/h2*4-14,17H,1-3H3;3*1H;/q2*-1;;;;+2. The van der Waals surface area contributed by atoms with Crippen LogP contribution in [0.4, 0.5) is 0 Å². The maximum absolute atomic E-state index is 8.52. The Kier molecular flexibility index (Phi) is 21.8. The van der Waals surface area contributed by atoms with E-state index in [1.807, 2.05) is 0 Å². The van der Waals surface area contributed by atoms with E-state index in [4.69, 9.17) is 10.8 Å². The molecule has 0 saturated heterocycles. The summed E-state index contributed by atoms with van der Waals surface area (Å²) in [6, 6.07) is 42.9. The molecule has 0 aliphatic heterocycles. The molecule has 0 aliphatic rings. The summed E-state index contributed by atoms with van der Waals surface area (Å²) in [5.74, 6) is 0. The van der Waals surface area contributed by atoms with Crippen LogP contribution in [0.5, 0.6) is 0 Å². The maximum Gasteiger partial charge on any atom is 2.00 e.